The van der Waals surface area contributed by atoms with E-state index in [0.29, 0.717) is 12.8 Å². The molecule has 2 amide bonds. The number of hydrogen-bond donors (Lipinski definition) is 2. The number of benzene rings is 1. The summed E-state index contributed by atoms with van der Waals surface area (Å²) in [5.41, 5.74) is 1.11. The Morgan fingerprint density at radius 2 is 2.00 bits per heavy atom. The van der Waals surface area contributed by atoms with Crippen LogP contribution in [0.5, 0.6) is 5.75 Å². The predicted octanol–water partition coefficient (Wildman–Crippen LogP) is 1.42. The van der Waals surface area contributed by atoms with Gasteiger partial charge in [0.25, 0.3) is 0 Å². The number of nitrogens with zero attached hydrogens (tertiary/aromatic N) is 1. The van der Waals surface area contributed by atoms with Crippen LogP contribution in [0.25, 0.3) is 0 Å². The van der Waals surface area contributed by atoms with Crippen LogP contribution in [0.4, 0.5) is 0 Å². The van der Waals surface area contributed by atoms with Gasteiger partial charge in [-0.1, -0.05) is 12.1 Å². The minimum atomic E-state index is -1.02. The molecule has 8 nitrogen and oxygen atoms in total. The van der Waals surface area contributed by atoms with Crippen molar-refractivity contribution in [2.24, 2.45) is 0 Å². The molecular formula is C21H26N2O6S. The number of methoxy groups -OCH3 is 1. The van der Waals surface area contributed by atoms with Crippen molar-refractivity contribution in [3.05, 3.63) is 29.8 Å². The fraction of sp³-hybridized carbons (Fsp3) is 0.571. The zero-order valence-corrected chi connectivity index (χ0v) is 18.0. The highest BCUT2D eigenvalue weighted by atomic mass is 32.2. The molecule has 162 valence electrons. The first kappa shape index (κ1) is 21.0. The molecule has 4 rings (SSSR count). The Balaban J connectivity index is 1.32. The quantitative estimate of drug-likeness (QED) is 0.653. The van der Waals surface area contributed by atoms with Crippen LogP contribution in [-0.2, 0) is 25.5 Å². The topological polar surface area (TPSA) is 105 Å². The lowest BCUT2D eigenvalue weighted by molar-refractivity contribution is -0.161. The smallest absolute Gasteiger partial charge is 0.327 e. The maximum atomic E-state index is 12.7. The number of thioether (sulfide) groups is 1. The Hall–Kier alpha value is -2.26. The molecule has 0 saturated carbocycles. The molecule has 2 N–H and O–H groups in total. The van der Waals surface area contributed by atoms with E-state index >= 15 is 0 Å². The number of hydrogen-bond acceptors (Lipinski definition) is 6. The number of β-lactam (4-membered cyclic amide) rings is 1. The lowest BCUT2D eigenvalue weighted by atomic mass is 9.96. The lowest BCUT2D eigenvalue weighted by Gasteiger charge is -2.43. The number of nitrogens with one attached hydrogen (secondary N) is 1. The molecule has 3 aliphatic rings. The molecule has 3 saturated heterocycles. The molecule has 2 unspecified atom stereocenters. The Morgan fingerprint density at radius 1 is 1.30 bits per heavy atom. The number of carboxylic acid groups (broad SMARTS) is 1. The summed E-state index contributed by atoms with van der Waals surface area (Å²) in [5, 5.41) is 11.9. The molecule has 0 radical (unpaired) electrons. The van der Waals surface area contributed by atoms with Crippen LogP contribution in [0.3, 0.4) is 0 Å². The molecule has 3 heterocycles. The summed E-state index contributed by atoms with van der Waals surface area (Å²) in [6.07, 6.45) is 1.42. The number of rotatable bonds is 6. The van der Waals surface area contributed by atoms with Gasteiger partial charge < -0.3 is 24.8 Å². The lowest BCUT2D eigenvalue weighted by Crippen LogP contribution is -2.71. The third-order valence-electron chi connectivity index (χ3n) is 6.00. The molecule has 3 aliphatic heterocycles. The molecule has 1 aromatic rings. The molecule has 9 heteroatoms. The molecule has 1 aromatic carbocycles. The molecule has 0 aliphatic carbocycles. The number of carboxylic acids is 1. The van der Waals surface area contributed by atoms with E-state index < -0.39 is 28.9 Å². The molecular weight excluding hydrogens is 408 g/mol. The Morgan fingerprint density at radius 3 is 2.63 bits per heavy atom. The van der Waals surface area contributed by atoms with Gasteiger partial charge in [-0.2, -0.15) is 0 Å². The summed E-state index contributed by atoms with van der Waals surface area (Å²) in [7, 11) is 1.62. The number of aliphatic carboxylic acids is 1. The van der Waals surface area contributed by atoms with E-state index in [-0.39, 0.29) is 23.3 Å². The zero-order valence-electron chi connectivity index (χ0n) is 17.2. The zero-order chi connectivity index (χ0) is 21.6. The van der Waals surface area contributed by atoms with Gasteiger partial charge in [0.2, 0.25) is 11.8 Å². The van der Waals surface area contributed by atoms with E-state index in [1.165, 1.54) is 16.7 Å². The van der Waals surface area contributed by atoms with Crippen LogP contribution < -0.4 is 10.1 Å². The first-order chi connectivity index (χ1) is 14.2. The minimum Gasteiger partial charge on any atom is -0.497 e. The molecule has 0 aromatic heterocycles. The van der Waals surface area contributed by atoms with Crippen molar-refractivity contribution in [3.8, 4) is 5.75 Å². The summed E-state index contributed by atoms with van der Waals surface area (Å²) in [4.78, 5) is 38.2. The Bertz CT molecular complexity index is 858. The van der Waals surface area contributed by atoms with E-state index in [1.54, 1.807) is 7.11 Å². The van der Waals surface area contributed by atoms with Crippen molar-refractivity contribution < 1.29 is 29.0 Å². The van der Waals surface area contributed by atoms with Crippen LogP contribution in [-0.4, -0.2) is 69.3 Å². The third kappa shape index (κ3) is 3.65. The van der Waals surface area contributed by atoms with Crippen molar-refractivity contribution in [3.63, 3.8) is 0 Å². The van der Waals surface area contributed by atoms with Gasteiger partial charge in [0.1, 0.15) is 29.3 Å². The molecule has 3 fully saturated rings. The van der Waals surface area contributed by atoms with Gasteiger partial charge in [0.05, 0.1) is 13.2 Å². The van der Waals surface area contributed by atoms with Gasteiger partial charge in [-0.05, 0) is 50.8 Å². The van der Waals surface area contributed by atoms with Gasteiger partial charge in [-0.3, -0.25) is 9.59 Å². The maximum absolute atomic E-state index is 12.7. The Kier molecular flexibility index (Phi) is 5.44. The molecule has 5 atom stereocenters. The first-order valence-electron chi connectivity index (χ1n) is 10.0. The number of ether oxygens (including phenoxy) is 2. The molecule has 0 spiro atoms. The monoisotopic (exact) mass is 434 g/mol. The normalized spacial score (nSPS) is 31.8. The molecule has 0 bridgehead atoms. The first-order valence-corrected chi connectivity index (χ1v) is 10.9. The summed E-state index contributed by atoms with van der Waals surface area (Å²) in [6.45, 7) is 3.62. The number of carbonyl (C=O) groups excluding carboxylic acids is 2. The van der Waals surface area contributed by atoms with Crippen LogP contribution in [0.15, 0.2) is 24.3 Å². The van der Waals surface area contributed by atoms with Gasteiger partial charge in [0, 0.05) is 4.75 Å². The van der Waals surface area contributed by atoms with E-state index in [1.807, 2.05) is 38.1 Å². The van der Waals surface area contributed by atoms with E-state index in [9.17, 15) is 19.5 Å². The maximum Gasteiger partial charge on any atom is 0.327 e. The van der Waals surface area contributed by atoms with Crippen LogP contribution in [0.2, 0.25) is 0 Å². The van der Waals surface area contributed by atoms with Gasteiger partial charge >= 0.3 is 5.97 Å². The second-order valence-corrected chi connectivity index (χ2v) is 10.2. The van der Waals surface area contributed by atoms with Crippen molar-refractivity contribution in [2.45, 2.75) is 67.5 Å². The van der Waals surface area contributed by atoms with Crippen molar-refractivity contribution in [1.29, 1.82) is 0 Å². The van der Waals surface area contributed by atoms with Gasteiger partial charge in [0.15, 0.2) is 0 Å². The highest BCUT2D eigenvalue weighted by Crippen LogP contribution is 2.50. The summed E-state index contributed by atoms with van der Waals surface area (Å²) >= 11 is 1.41. The van der Waals surface area contributed by atoms with Crippen LogP contribution in [0, 0.1) is 0 Å². The highest BCUT2D eigenvalue weighted by molar-refractivity contribution is 8.01. The fourth-order valence-corrected chi connectivity index (χ4v) is 6.09. The summed E-state index contributed by atoms with van der Waals surface area (Å²) in [5.74, 6) is -0.872. The van der Waals surface area contributed by atoms with Crippen molar-refractivity contribution >= 4 is 29.5 Å². The largest absolute Gasteiger partial charge is 0.497 e. The van der Waals surface area contributed by atoms with E-state index in [0.717, 1.165) is 17.7 Å². The van der Waals surface area contributed by atoms with E-state index in [4.69, 9.17) is 9.47 Å². The standard InChI is InChI=1S/C21H26N2O6S/c1-21(2)16(20(26)27)23-18(25)15(19(23)30-21)22-17(24)14-9-8-13(29-14)10-11-4-6-12(28-3)7-5-11/h4-7,13-16,19H,8-10H2,1-3H3,(H,22,24)(H,26,27)/t13?,14?,15-,16+,19-/m1/s1. The number of carbonyl (C=O) groups is 3. The second kappa shape index (κ2) is 7.77. The molecule has 30 heavy (non-hydrogen) atoms. The van der Waals surface area contributed by atoms with Gasteiger partial charge in [-0.15, -0.1) is 11.8 Å². The average Bonchev–Trinajstić information content (AvgIpc) is 3.27. The average molecular weight is 435 g/mol. The predicted molar refractivity (Wildman–Crippen MR) is 110 cm³/mol. The fourth-order valence-electron chi connectivity index (χ4n) is 4.46. The van der Waals surface area contributed by atoms with Crippen LogP contribution >= 0.6 is 11.8 Å². The van der Waals surface area contributed by atoms with Gasteiger partial charge in [-0.25, -0.2) is 4.79 Å². The van der Waals surface area contributed by atoms with E-state index in [2.05, 4.69) is 5.32 Å². The number of amides is 2. The third-order valence-corrected chi connectivity index (χ3v) is 7.57. The van der Waals surface area contributed by atoms with Crippen molar-refractivity contribution in [1.82, 2.24) is 10.2 Å². The second-order valence-electron chi connectivity index (χ2n) is 8.46. The number of fused-ring (bicyclic) bond motifs is 1. The SMILES string of the molecule is COc1ccc(CC2CCC(C(=O)N[C@@H]3C(=O)N4[C@@H]3SC(C)(C)[C@@H]4C(=O)O)O2)cc1. The Labute approximate surface area is 179 Å². The summed E-state index contributed by atoms with van der Waals surface area (Å²) < 4.78 is 10.5. The minimum absolute atomic E-state index is 0.0566. The van der Waals surface area contributed by atoms with Crippen molar-refractivity contribution in [2.75, 3.05) is 7.11 Å². The highest BCUT2D eigenvalue weighted by Gasteiger charge is 2.64. The van der Waals surface area contributed by atoms with Crippen LogP contribution in [0.1, 0.15) is 32.3 Å². The summed E-state index contributed by atoms with van der Waals surface area (Å²) in [6, 6.07) is 6.17.